The lowest BCUT2D eigenvalue weighted by molar-refractivity contribution is 0.00205. The van der Waals surface area contributed by atoms with Crippen LogP contribution in [0.15, 0.2) is 0 Å². The minimum Gasteiger partial charge on any atom is -0.361 e. The SMILES string of the molecule is CC[C@H]1CN2CC[C@H]1C[C@@H]2CNC(=S)NC1CC1. The molecule has 0 radical (unpaired) electrons. The van der Waals surface area contributed by atoms with Gasteiger partial charge >= 0.3 is 0 Å². The molecule has 1 saturated carbocycles. The van der Waals surface area contributed by atoms with E-state index in [2.05, 4.69) is 22.5 Å². The van der Waals surface area contributed by atoms with Crippen molar-refractivity contribution in [3.05, 3.63) is 0 Å². The molecule has 0 aromatic carbocycles. The molecule has 2 N–H and O–H groups in total. The van der Waals surface area contributed by atoms with Crippen LogP contribution in [0.2, 0.25) is 0 Å². The first-order chi connectivity index (χ1) is 8.76. The van der Waals surface area contributed by atoms with E-state index in [0.29, 0.717) is 12.1 Å². The molecule has 0 aromatic rings. The van der Waals surface area contributed by atoms with Crippen LogP contribution in [0.1, 0.15) is 39.0 Å². The number of rotatable bonds is 4. The van der Waals surface area contributed by atoms with Crippen LogP contribution in [0.3, 0.4) is 0 Å². The number of fused-ring (bicyclic) bond motifs is 3. The molecular weight excluding hydrogens is 242 g/mol. The lowest BCUT2D eigenvalue weighted by Gasteiger charge is -2.50. The van der Waals surface area contributed by atoms with E-state index in [1.54, 1.807) is 0 Å². The zero-order chi connectivity index (χ0) is 12.5. The van der Waals surface area contributed by atoms with Crippen LogP contribution in [-0.4, -0.2) is 41.7 Å². The van der Waals surface area contributed by atoms with Gasteiger partial charge in [-0.3, -0.25) is 4.90 Å². The molecule has 3 heterocycles. The van der Waals surface area contributed by atoms with Crippen molar-refractivity contribution >= 4 is 17.3 Å². The molecule has 0 aromatic heterocycles. The number of hydrogen-bond acceptors (Lipinski definition) is 2. The highest BCUT2D eigenvalue weighted by Gasteiger charge is 2.38. The molecule has 102 valence electrons. The van der Waals surface area contributed by atoms with E-state index in [-0.39, 0.29) is 0 Å². The highest BCUT2D eigenvalue weighted by Crippen LogP contribution is 2.37. The average molecular weight is 267 g/mol. The maximum absolute atomic E-state index is 5.33. The number of hydrogen-bond donors (Lipinski definition) is 2. The van der Waals surface area contributed by atoms with E-state index in [4.69, 9.17) is 12.2 Å². The highest BCUT2D eigenvalue weighted by molar-refractivity contribution is 7.80. The van der Waals surface area contributed by atoms with Crippen molar-refractivity contribution in [3.8, 4) is 0 Å². The molecule has 3 nitrogen and oxygen atoms in total. The van der Waals surface area contributed by atoms with E-state index in [1.165, 1.54) is 45.2 Å². The minimum absolute atomic E-state index is 0.664. The summed E-state index contributed by atoms with van der Waals surface area (Å²) < 4.78 is 0. The molecule has 1 unspecified atom stereocenters. The Morgan fingerprint density at radius 2 is 2.17 bits per heavy atom. The molecule has 18 heavy (non-hydrogen) atoms. The molecule has 4 fully saturated rings. The minimum atomic E-state index is 0.664. The van der Waals surface area contributed by atoms with E-state index in [9.17, 15) is 0 Å². The summed E-state index contributed by atoms with van der Waals surface area (Å²) in [5.41, 5.74) is 0. The molecule has 1 aliphatic carbocycles. The second-order valence-corrected chi connectivity index (χ2v) is 6.64. The molecular formula is C14H25N3S. The first-order valence-electron chi connectivity index (χ1n) is 7.54. The molecule has 2 bridgehead atoms. The van der Waals surface area contributed by atoms with Crippen LogP contribution >= 0.6 is 12.2 Å². The maximum Gasteiger partial charge on any atom is 0.166 e. The Labute approximate surface area is 116 Å². The molecule has 4 rings (SSSR count). The molecule has 4 atom stereocenters. The van der Waals surface area contributed by atoms with Crippen LogP contribution in [-0.2, 0) is 0 Å². The zero-order valence-corrected chi connectivity index (χ0v) is 12.1. The van der Waals surface area contributed by atoms with Gasteiger partial charge in [0.1, 0.15) is 0 Å². The summed E-state index contributed by atoms with van der Waals surface area (Å²) in [5.74, 6) is 1.92. The summed E-state index contributed by atoms with van der Waals surface area (Å²) in [5, 5.41) is 7.65. The summed E-state index contributed by atoms with van der Waals surface area (Å²) in [6.07, 6.45) is 6.72. The van der Waals surface area contributed by atoms with Crippen molar-refractivity contribution in [3.63, 3.8) is 0 Å². The molecule has 0 spiro atoms. The molecule has 3 saturated heterocycles. The second kappa shape index (κ2) is 5.33. The topological polar surface area (TPSA) is 27.3 Å². The summed E-state index contributed by atoms with van der Waals surface area (Å²) >= 11 is 5.33. The van der Waals surface area contributed by atoms with Crippen LogP contribution in [0.4, 0.5) is 0 Å². The summed E-state index contributed by atoms with van der Waals surface area (Å²) in [6.45, 7) is 5.99. The third kappa shape index (κ3) is 2.80. The van der Waals surface area contributed by atoms with Crippen LogP contribution in [0, 0.1) is 11.8 Å². The Morgan fingerprint density at radius 3 is 2.78 bits per heavy atom. The van der Waals surface area contributed by atoms with Gasteiger partial charge in [0.25, 0.3) is 0 Å². The van der Waals surface area contributed by atoms with Crippen LogP contribution < -0.4 is 10.6 Å². The van der Waals surface area contributed by atoms with Gasteiger partial charge in [-0.1, -0.05) is 13.3 Å². The number of nitrogens with zero attached hydrogens (tertiary/aromatic N) is 1. The van der Waals surface area contributed by atoms with E-state index >= 15 is 0 Å². The molecule has 0 amide bonds. The van der Waals surface area contributed by atoms with E-state index in [0.717, 1.165) is 23.5 Å². The van der Waals surface area contributed by atoms with Crippen LogP contribution in [0.5, 0.6) is 0 Å². The Balaban J connectivity index is 1.44. The van der Waals surface area contributed by atoms with E-state index < -0.39 is 0 Å². The van der Waals surface area contributed by atoms with Gasteiger partial charge in [0.15, 0.2) is 5.11 Å². The normalized spacial score (nSPS) is 38.5. The van der Waals surface area contributed by atoms with Gasteiger partial charge in [-0.25, -0.2) is 0 Å². The van der Waals surface area contributed by atoms with Gasteiger partial charge in [-0.05, 0) is 56.3 Å². The third-order valence-electron chi connectivity index (χ3n) is 4.95. The quantitative estimate of drug-likeness (QED) is 0.759. The Hall–Kier alpha value is -0.350. The van der Waals surface area contributed by atoms with Gasteiger partial charge in [0.2, 0.25) is 0 Å². The first kappa shape index (κ1) is 12.7. The largest absolute Gasteiger partial charge is 0.361 e. The lowest BCUT2D eigenvalue weighted by atomic mass is 9.74. The Kier molecular flexibility index (Phi) is 3.76. The monoisotopic (exact) mass is 267 g/mol. The fourth-order valence-corrected chi connectivity index (χ4v) is 3.85. The van der Waals surface area contributed by atoms with Crippen LogP contribution in [0.25, 0.3) is 0 Å². The molecule has 4 heteroatoms. The van der Waals surface area contributed by atoms with E-state index in [1.807, 2.05) is 0 Å². The number of nitrogens with one attached hydrogen (secondary N) is 2. The van der Waals surface area contributed by atoms with Gasteiger partial charge < -0.3 is 10.6 Å². The van der Waals surface area contributed by atoms with Crippen molar-refractivity contribution < 1.29 is 0 Å². The van der Waals surface area contributed by atoms with Gasteiger partial charge in [-0.15, -0.1) is 0 Å². The van der Waals surface area contributed by atoms with Crippen molar-refractivity contribution in [2.75, 3.05) is 19.6 Å². The average Bonchev–Trinajstić information content (AvgIpc) is 3.21. The Bertz CT molecular complexity index is 316. The van der Waals surface area contributed by atoms with Crippen molar-refractivity contribution in [1.29, 1.82) is 0 Å². The summed E-state index contributed by atoms with van der Waals surface area (Å²) in [4.78, 5) is 2.68. The smallest absolute Gasteiger partial charge is 0.166 e. The van der Waals surface area contributed by atoms with Crippen molar-refractivity contribution in [2.45, 2.75) is 51.1 Å². The predicted molar refractivity (Wildman–Crippen MR) is 78.6 cm³/mol. The van der Waals surface area contributed by atoms with Crippen molar-refractivity contribution in [2.24, 2.45) is 11.8 Å². The fourth-order valence-electron chi connectivity index (χ4n) is 3.60. The second-order valence-electron chi connectivity index (χ2n) is 6.23. The first-order valence-corrected chi connectivity index (χ1v) is 7.95. The third-order valence-corrected chi connectivity index (χ3v) is 5.21. The fraction of sp³-hybridized carbons (Fsp3) is 0.929. The van der Waals surface area contributed by atoms with Gasteiger partial charge in [0, 0.05) is 25.2 Å². The van der Waals surface area contributed by atoms with Gasteiger partial charge in [-0.2, -0.15) is 0 Å². The summed E-state index contributed by atoms with van der Waals surface area (Å²) in [7, 11) is 0. The maximum atomic E-state index is 5.33. The Morgan fingerprint density at radius 1 is 1.33 bits per heavy atom. The molecule has 4 aliphatic rings. The van der Waals surface area contributed by atoms with Gasteiger partial charge in [0.05, 0.1) is 0 Å². The number of piperidine rings is 3. The van der Waals surface area contributed by atoms with Crippen molar-refractivity contribution in [1.82, 2.24) is 15.5 Å². The standard InChI is InChI=1S/C14H25N3S/c1-2-10-9-17-6-5-11(10)7-13(17)8-15-14(18)16-12-3-4-12/h10-13H,2-9H2,1H3,(H2,15,16,18)/t10-,11-,13+/m0/s1. The highest BCUT2D eigenvalue weighted by atomic mass is 32.1. The molecule has 3 aliphatic heterocycles. The summed E-state index contributed by atoms with van der Waals surface area (Å²) in [6, 6.07) is 1.38. The number of thiocarbonyl (C=S) groups is 1. The lowest BCUT2D eigenvalue weighted by Crippen LogP contribution is -2.57. The predicted octanol–water partition coefficient (Wildman–Crippen LogP) is 1.73. The zero-order valence-electron chi connectivity index (χ0n) is 11.3.